The van der Waals surface area contributed by atoms with Gasteiger partial charge < -0.3 is 9.84 Å². The van der Waals surface area contributed by atoms with Crippen molar-refractivity contribution in [2.75, 3.05) is 6.67 Å². The van der Waals surface area contributed by atoms with Gasteiger partial charge in [-0.25, -0.2) is 4.39 Å². The highest BCUT2D eigenvalue weighted by molar-refractivity contribution is 6.33. The van der Waals surface area contributed by atoms with Crippen LogP contribution in [0.25, 0.3) is 11.1 Å². The molecule has 0 radical (unpaired) electrons. The van der Waals surface area contributed by atoms with Gasteiger partial charge in [-0.3, -0.25) is 4.39 Å². The molecule has 5 rings (SSSR count). The maximum absolute atomic E-state index is 14.5. The molecule has 206 valence electrons. The van der Waals surface area contributed by atoms with Crippen LogP contribution in [-0.4, -0.2) is 17.9 Å². The third-order valence-corrected chi connectivity index (χ3v) is 8.68. The lowest BCUT2D eigenvalue weighted by atomic mass is 9.84. The lowest BCUT2D eigenvalue weighted by Gasteiger charge is -2.29. The van der Waals surface area contributed by atoms with Gasteiger partial charge in [-0.05, 0) is 121 Å². The first kappa shape index (κ1) is 27.7. The zero-order chi connectivity index (χ0) is 27.2. The standard InChI is InChI=1S/C34H37ClF2O2/c35-34-31(9-5-10-32(34)37)30-8-4-7-25-22-26(38)15-20-29(25)33(30)24-13-18-28(19-14-24)39-27-16-11-23(12-17-27)6-2-1-3-21-36/h5,9-10,13-15,18-20,22-23,27,38H,1-4,6-8,11-12,16-17,21H2. The van der Waals surface area contributed by atoms with Crippen molar-refractivity contribution in [3.8, 4) is 11.5 Å². The summed E-state index contributed by atoms with van der Waals surface area (Å²) in [4.78, 5) is 0. The molecule has 0 heterocycles. The summed E-state index contributed by atoms with van der Waals surface area (Å²) in [6.07, 6.45) is 11.1. The van der Waals surface area contributed by atoms with Gasteiger partial charge in [-0.2, -0.15) is 0 Å². The van der Waals surface area contributed by atoms with Crippen molar-refractivity contribution >= 4 is 22.7 Å². The largest absolute Gasteiger partial charge is 0.508 e. The predicted octanol–water partition coefficient (Wildman–Crippen LogP) is 9.95. The molecule has 0 spiro atoms. The minimum Gasteiger partial charge on any atom is -0.508 e. The Morgan fingerprint density at radius 1 is 0.872 bits per heavy atom. The van der Waals surface area contributed by atoms with Gasteiger partial charge in [-0.15, -0.1) is 0 Å². The number of rotatable bonds is 9. The van der Waals surface area contributed by atoms with Crippen LogP contribution in [-0.2, 0) is 6.42 Å². The molecule has 0 amide bonds. The molecule has 0 unspecified atom stereocenters. The Kier molecular flexibility index (Phi) is 9.24. The van der Waals surface area contributed by atoms with E-state index in [4.69, 9.17) is 16.3 Å². The summed E-state index contributed by atoms with van der Waals surface area (Å²) in [5.74, 6) is 1.42. The molecule has 3 aromatic carbocycles. The number of halogens is 3. The van der Waals surface area contributed by atoms with Crippen molar-refractivity contribution in [1.29, 1.82) is 0 Å². The minimum atomic E-state index is -0.422. The van der Waals surface area contributed by atoms with Crippen LogP contribution in [0.1, 0.15) is 86.5 Å². The lowest BCUT2D eigenvalue weighted by molar-refractivity contribution is 0.127. The van der Waals surface area contributed by atoms with E-state index >= 15 is 0 Å². The van der Waals surface area contributed by atoms with Gasteiger partial charge in [-0.1, -0.05) is 61.2 Å². The predicted molar refractivity (Wildman–Crippen MR) is 156 cm³/mol. The summed E-state index contributed by atoms with van der Waals surface area (Å²) < 4.78 is 33.2. The average molecular weight is 551 g/mol. The molecule has 0 atom stereocenters. The maximum Gasteiger partial charge on any atom is 0.142 e. The van der Waals surface area contributed by atoms with E-state index in [1.54, 1.807) is 12.1 Å². The highest BCUT2D eigenvalue weighted by atomic mass is 35.5. The van der Waals surface area contributed by atoms with E-state index in [0.717, 1.165) is 90.0 Å². The third kappa shape index (κ3) is 6.66. The second-order valence-corrected chi connectivity index (χ2v) is 11.4. The van der Waals surface area contributed by atoms with Gasteiger partial charge in [0.1, 0.15) is 17.3 Å². The number of hydrogen-bond acceptors (Lipinski definition) is 2. The fourth-order valence-corrected chi connectivity index (χ4v) is 6.49. The van der Waals surface area contributed by atoms with E-state index in [2.05, 4.69) is 12.1 Å². The number of aromatic hydroxyl groups is 1. The van der Waals surface area contributed by atoms with Crippen LogP contribution < -0.4 is 4.74 Å². The van der Waals surface area contributed by atoms with E-state index in [9.17, 15) is 13.9 Å². The highest BCUT2D eigenvalue weighted by Gasteiger charge is 2.24. The van der Waals surface area contributed by atoms with Gasteiger partial charge in [0.2, 0.25) is 0 Å². The van der Waals surface area contributed by atoms with Gasteiger partial charge in [0.15, 0.2) is 0 Å². The third-order valence-electron chi connectivity index (χ3n) is 8.30. The number of phenols is 1. The Balaban J connectivity index is 1.37. The number of phenolic OH excluding ortho intramolecular Hbond substituents is 1. The number of hydrogen-bond donors (Lipinski definition) is 1. The number of fused-ring (bicyclic) bond motifs is 1. The van der Waals surface area contributed by atoms with Gasteiger partial charge in [0.05, 0.1) is 17.8 Å². The second kappa shape index (κ2) is 13.0. The molecule has 0 aromatic heterocycles. The van der Waals surface area contributed by atoms with E-state index < -0.39 is 5.82 Å². The molecule has 2 aliphatic rings. The second-order valence-electron chi connectivity index (χ2n) is 11.0. The fourth-order valence-electron chi connectivity index (χ4n) is 6.25. The number of aryl methyl sites for hydroxylation is 1. The van der Waals surface area contributed by atoms with E-state index in [0.29, 0.717) is 6.42 Å². The van der Waals surface area contributed by atoms with Crippen LogP contribution in [0.5, 0.6) is 11.5 Å². The Bertz CT molecular complexity index is 1290. The van der Waals surface area contributed by atoms with E-state index in [1.807, 2.05) is 30.3 Å². The monoisotopic (exact) mass is 550 g/mol. The quantitative estimate of drug-likeness (QED) is 0.269. The number of benzene rings is 3. The molecule has 0 aliphatic heterocycles. The average Bonchev–Trinajstić information content (AvgIpc) is 3.13. The molecule has 5 heteroatoms. The minimum absolute atomic E-state index is 0.144. The van der Waals surface area contributed by atoms with Crippen molar-refractivity contribution in [3.05, 3.63) is 93.8 Å². The molecule has 2 aliphatic carbocycles. The molecule has 1 N–H and O–H groups in total. The van der Waals surface area contributed by atoms with Crippen LogP contribution in [0.4, 0.5) is 8.78 Å². The van der Waals surface area contributed by atoms with Crippen molar-refractivity contribution in [3.63, 3.8) is 0 Å². The van der Waals surface area contributed by atoms with Crippen LogP contribution >= 0.6 is 11.6 Å². The lowest BCUT2D eigenvalue weighted by Crippen LogP contribution is -2.24. The highest BCUT2D eigenvalue weighted by Crippen LogP contribution is 2.43. The molecular formula is C34H37ClF2O2. The molecule has 39 heavy (non-hydrogen) atoms. The SMILES string of the molecule is Oc1ccc2c(c1)CCCC(c1cccc(F)c1Cl)=C2c1ccc(OC2CCC(CCCCCF)CC2)cc1. The summed E-state index contributed by atoms with van der Waals surface area (Å²) >= 11 is 6.49. The van der Waals surface area contributed by atoms with Crippen LogP contribution in [0.3, 0.4) is 0 Å². The van der Waals surface area contributed by atoms with Gasteiger partial charge in [0.25, 0.3) is 0 Å². The van der Waals surface area contributed by atoms with Crippen molar-refractivity contribution < 1.29 is 18.6 Å². The topological polar surface area (TPSA) is 29.5 Å². The van der Waals surface area contributed by atoms with E-state index in [-0.39, 0.29) is 23.6 Å². The Hall–Kier alpha value is -2.85. The normalized spacial score (nSPS) is 19.5. The Morgan fingerprint density at radius 2 is 1.67 bits per heavy atom. The zero-order valence-electron chi connectivity index (χ0n) is 22.4. The molecule has 1 saturated carbocycles. The van der Waals surface area contributed by atoms with Gasteiger partial charge >= 0.3 is 0 Å². The van der Waals surface area contributed by atoms with Gasteiger partial charge in [0, 0.05) is 0 Å². The van der Waals surface area contributed by atoms with Crippen LogP contribution in [0.2, 0.25) is 5.02 Å². The summed E-state index contributed by atoms with van der Waals surface area (Å²) in [6.45, 7) is -0.202. The number of ether oxygens (including phenoxy) is 1. The van der Waals surface area contributed by atoms with Crippen LogP contribution in [0, 0.1) is 11.7 Å². The van der Waals surface area contributed by atoms with Crippen LogP contribution in [0.15, 0.2) is 60.7 Å². The van der Waals surface area contributed by atoms with Crippen molar-refractivity contribution in [2.24, 2.45) is 5.92 Å². The summed E-state index contributed by atoms with van der Waals surface area (Å²) in [7, 11) is 0. The zero-order valence-corrected chi connectivity index (χ0v) is 23.2. The smallest absolute Gasteiger partial charge is 0.142 e. The Labute approximate surface area is 235 Å². The summed E-state index contributed by atoms with van der Waals surface area (Å²) in [6, 6.07) is 18.7. The molecule has 2 nitrogen and oxygen atoms in total. The fraction of sp³-hybridized carbons (Fsp3) is 0.412. The molecule has 0 bridgehead atoms. The number of allylic oxidation sites excluding steroid dienone is 1. The molecule has 1 fully saturated rings. The first-order valence-corrected chi connectivity index (χ1v) is 14.7. The molecule has 0 saturated heterocycles. The first-order chi connectivity index (χ1) is 19.0. The molecule has 3 aromatic rings. The molecular weight excluding hydrogens is 514 g/mol. The summed E-state index contributed by atoms with van der Waals surface area (Å²) in [5.41, 5.74) is 5.89. The van der Waals surface area contributed by atoms with Crippen molar-refractivity contribution in [2.45, 2.75) is 76.7 Å². The first-order valence-electron chi connectivity index (χ1n) is 14.4. The number of alkyl halides is 1. The van der Waals surface area contributed by atoms with E-state index in [1.165, 1.54) is 25.3 Å². The number of unbranched alkanes of at least 4 members (excludes halogenated alkanes) is 2. The Morgan fingerprint density at radius 3 is 2.44 bits per heavy atom. The van der Waals surface area contributed by atoms with Crippen molar-refractivity contribution in [1.82, 2.24) is 0 Å². The summed E-state index contributed by atoms with van der Waals surface area (Å²) in [5, 5.41) is 10.3. The maximum atomic E-state index is 14.5.